The van der Waals surface area contributed by atoms with E-state index >= 15 is 0 Å². The quantitative estimate of drug-likeness (QED) is 0.0149. The van der Waals surface area contributed by atoms with Gasteiger partial charge in [0.2, 0.25) is 5.36 Å². The lowest BCUT2D eigenvalue weighted by molar-refractivity contribution is 0.404. The molecule has 0 amide bonds. The Kier molecular flexibility index (Phi) is 16.8. The van der Waals surface area contributed by atoms with Gasteiger partial charge in [-0.3, -0.25) is 9.11 Å². The molecule has 0 radical (unpaired) electrons. The molecule has 3 heterocycles. The van der Waals surface area contributed by atoms with Crippen LogP contribution in [0, 0.1) is 0 Å². The van der Waals surface area contributed by atoms with Crippen molar-refractivity contribution < 1.29 is 44.3 Å². The van der Waals surface area contributed by atoms with E-state index in [0.717, 1.165) is 62.9 Å². The van der Waals surface area contributed by atoms with Gasteiger partial charge in [-0.15, -0.1) is 0 Å². The summed E-state index contributed by atoms with van der Waals surface area (Å²) in [7, 11) is -8.45. The molecule has 2 aromatic heterocycles. The van der Waals surface area contributed by atoms with Crippen LogP contribution in [-0.4, -0.2) is 68.7 Å². The van der Waals surface area contributed by atoms with Crippen molar-refractivity contribution in [1.29, 1.82) is 0 Å². The molecule has 14 nitrogen and oxygen atoms in total. The summed E-state index contributed by atoms with van der Waals surface area (Å²) in [5.41, 5.74) is 0.235. The van der Waals surface area contributed by atoms with Crippen LogP contribution in [0.3, 0.4) is 0 Å². The van der Waals surface area contributed by atoms with Gasteiger partial charge in [0.15, 0.2) is 5.58 Å². The molecule has 5 rings (SSSR count). The van der Waals surface area contributed by atoms with Gasteiger partial charge < -0.3 is 23.3 Å². The SMILES string of the molecule is CCCCCCN(CCCCCC)c1ccc2c(c1)oc(=O)c1c(O)c(/C=C/C=C/c3cc(C(C)(C)C)oc4cc(=[N+](CCCS(=O)(=O)O)CCCS(=O)(=O)O)ccc3-4)c(=O)oc12. The minimum absolute atomic E-state index is 0.0514. The number of fused-ring (bicyclic) bond motifs is 4. The molecular formula is C47H61N2O12S2+. The van der Waals surface area contributed by atoms with Crippen LogP contribution in [0.25, 0.3) is 45.4 Å². The summed E-state index contributed by atoms with van der Waals surface area (Å²) in [4.78, 5) is 29.1. The summed E-state index contributed by atoms with van der Waals surface area (Å²) in [6, 6.07) is 12.7. The van der Waals surface area contributed by atoms with Crippen molar-refractivity contribution in [2.24, 2.45) is 0 Å². The van der Waals surface area contributed by atoms with E-state index in [9.17, 15) is 40.6 Å². The fraction of sp³-hybridized carbons (Fsp3) is 0.468. The maximum Gasteiger partial charge on any atom is 0.351 e. The highest BCUT2D eigenvalue weighted by atomic mass is 32.2. The van der Waals surface area contributed by atoms with E-state index < -0.39 is 54.2 Å². The van der Waals surface area contributed by atoms with E-state index in [1.807, 2.05) is 32.9 Å². The number of benzene rings is 2. The van der Waals surface area contributed by atoms with Crippen molar-refractivity contribution in [3.05, 3.63) is 97.7 Å². The Hall–Kier alpha value is -5.03. The molecule has 342 valence electrons. The standard InChI is InChI=1S/C47H60N2O12S2/c1-6-8-10-14-24-48(25-15-11-9-7-2)35-21-23-37-40(32-35)60-46(52)42-43(50)38(45(51)61-44(37)42)19-13-12-18-33-30-41(47(3,4)5)59-39-31-34(20-22-36(33)39)49(26-16-28-62(53,54)55)27-17-29-63(56,57)58/h12-13,18-23,30-32H,6-11,14-17,24-29H2,1-5H3,(H2,53,54,55,56,57,58)/p+1. The molecule has 0 atom stereocenters. The van der Waals surface area contributed by atoms with E-state index in [1.165, 1.54) is 25.0 Å². The average molecular weight is 910 g/mol. The van der Waals surface area contributed by atoms with E-state index in [4.69, 9.17) is 13.3 Å². The number of hydrogen-bond donors (Lipinski definition) is 3. The summed E-state index contributed by atoms with van der Waals surface area (Å²) in [5.74, 6) is -0.423. The van der Waals surface area contributed by atoms with Gasteiger partial charge in [0.25, 0.3) is 20.2 Å². The van der Waals surface area contributed by atoms with Gasteiger partial charge >= 0.3 is 11.3 Å². The first-order valence-corrected chi connectivity index (χ1v) is 24.9. The second-order valence-electron chi connectivity index (χ2n) is 17.0. The Morgan fingerprint density at radius 3 is 1.92 bits per heavy atom. The minimum Gasteiger partial charge on any atom is -0.506 e. The number of unbranched alkanes of at least 4 members (excludes halogenated alkanes) is 6. The summed E-state index contributed by atoms with van der Waals surface area (Å²) >= 11 is 0. The molecule has 0 fully saturated rings. The van der Waals surface area contributed by atoms with Crippen LogP contribution in [-0.2, 0) is 25.7 Å². The number of rotatable bonds is 22. The number of allylic oxidation sites excluding steroid dienone is 2. The van der Waals surface area contributed by atoms with Crippen LogP contribution in [0.1, 0.15) is 116 Å². The second-order valence-corrected chi connectivity index (χ2v) is 20.2. The van der Waals surface area contributed by atoms with Gasteiger partial charge in [0, 0.05) is 54.7 Å². The first kappa shape index (κ1) is 49.0. The minimum atomic E-state index is -4.22. The predicted molar refractivity (Wildman–Crippen MR) is 250 cm³/mol. The zero-order chi connectivity index (χ0) is 46.0. The molecule has 3 aromatic rings. The normalized spacial score (nSPS) is 12.7. The molecule has 1 aliphatic carbocycles. The molecule has 1 aliphatic heterocycles. The van der Waals surface area contributed by atoms with Gasteiger partial charge in [-0.2, -0.15) is 16.8 Å². The van der Waals surface area contributed by atoms with Gasteiger partial charge in [0.1, 0.15) is 46.9 Å². The molecule has 3 N–H and O–H groups in total. The van der Waals surface area contributed by atoms with Gasteiger partial charge in [-0.05, 0) is 48.7 Å². The topological polar surface area (TPSA) is 209 Å². The zero-order valence-corrected chi connectivity index (χ0v) is 38.5. The van der Waals surface area contributed by atoms with E-state index in [1.54, 1.807) is 47.1 Å². The Bertz CT molecular complexity index is 2780. The van der Waals surface area contributed by atoms with Gasteiger partial charge in [-0.25, -0.2) is 14.2 Å². The molecule has 0 saturated carbocycles. The molecule has 0 spiro atoms. The lowest BCUT2D eigenvalue weighted by atomic mass is 9.90. The first-order chi connectivity index (χ1) is 29.8. The Labute approximate surface area is 369 Å². The van der Waals surface area contributed by atoms with Crippen molar-refractivity contribution in [2.75, 3.05) is 42.6 Å². The predicted octanol–water partition coefficient (Wildman–Crippen LogP) is 8.62. The van der Waals surface area contributed by atoms with Gasteiger partial charge in [-0.1, -0.05) is 91.4 Å². The lowest BCUT2D eigenvalue weighted by Crippen LogP contribution is -2.33. The smallest absolute Gasteiger partial charge is 0.351 e. The third-order valence-corrected chi connectivity index (χ3v) is 12.5. The molecule has 0 unspecified atom stereocenters. The lowest BCUT2D eigenvalue weighted by Gasteiger charge is -2.25. The molecule has 2 aliphatic rings. The van der Waals surface area contributed by atoms with Crippen LogP contribution >= 0.6 is 0 Å². The van der Waals surface area contributed by atoms with Crippen LogP contribution in [0.15, 0.2) is 77.5 Å². The zero-order valence-electron chi connectivity index (χ0n) is 36.9. The Balaban J connectivity index is 1.48. The molecule has 16 heteroatoms. The number of anilines is 1. The van der Waals surface area contributed by atoms with Crippen molar-refractivity contribution in [3.8, 4) is 17.1 Å². The van der Waals surface area contributed by atoms with Crippen molar-refractivity contribution in [2.45, 2.75) is 104 Å². The monoisotopic (exact) mass is 909 g/mol. The van der Waals surface area contributed by atoms with Crippen LogP contribution in [0.4, 0.5) is 5.69 Å². The van der Waals surface area contributed by atoms with Crippen molar-refractivity contribution in [1.82, 2.24) is 4.58 Å². The summed E-state index contributed by atoms with van der Waals surface area (Å²) < 4.78 is 83.8. The van der Waals surface area contributed by atoms with Gasteiger partial charge in [0.05, 0.1) is 23.0 Å². The third kappa shape index (κ3) is 13.7. The van der Waals surface area contributed by atoms with Crippen LogP contribution in [0.2, 0.25) is 0 Å². The number of hydrogen-bond acceptors (Lipinski definition) is 11. The fourth-order valence-electron chi connectivity index (χ4n) is 7.48. The highest BCUT2D eigenvalue weighted by Crippen LogP contribution is 2.34. The molecule has 0 bridgehead atoms. The fourth-order valence-corrected chi connectivity index (χ4v) is 8.47. The van der Waals surface area contributed by atoms with E-state index in [0.29, 0.717) is 27.8 Å². The maximum atomic E-state index is 13.4. The van der Waals surface area contributed by atoms with Crippen LogP contribution < -0.4 is 26.1 Å². The third-order valence-electron chi connectivity index (χ3n) is 10.9. The van der Waals surface area contributed by atoms with Crippen LogP contribution in [0.5, 0.6) is 5.75 Å². The summed E-state index contributed by atoms with van der Waals surface area (Å²) in [6.07, 6.45) is 15.4. The highest BCUT2D eigenvalue weighted by molar-refractivity contribution is 7.86. The largest absolute Gasteiger partial charge is 0.506 e. The van der Waals surface area contributed by atoms with E-state index in [-0.39, 0.29) is 48.0 Å². The Morgan fingerprint density at radius 2 is 1.33 bits per heavy atom. The number of aromatic hydroxyl groups is 1. The first-order valence-electron chi connectivity index (χ1n) is 21.7. The average Bonchev–Trinajstić information content (AvgIpc) is 3.20. The van der Waals surface area contributed by atoms with Crippen molar-refractivity contribution in [3.63, 3.8) is 0 Å². The second kappa shape index (κ2) is 21.6. The summed E-state index contributed by atoms with van der Waals surface area (Å²) in [5, 5.41) is 12.1. The Morgan fingerprint density at radius 1 is 0.714 bits per heavy atom. The summed E-state index contributed by atoms with van der Waals surface area (Å²) in [6.45, 7) is 12.4. The molecule has 0 saturated heterocycles. The van der Waals surface area contributed by atoms with E-state index in [2.05, 4.69) is 18.7 Å². The molecular weight excluding hydrogens is 849 g/mol. The highest BCUT2D eigenvalue weighted by Gasteiger charge is 2.23. The molecule has 63 heavy (non-hydrogen) atoms. The maximum absolute atomic E-state index is 13.4. The van der Waals surface area contributed by atoms with Crippen molar-refractivity contribution >= 4 is 60.0 Å². The number of nitrogens with zero attached hydrogens (tertiary/aromatic N) is 2. The molecule has 1 aromatic carbocycles.